The molecule has 5 rings (SSSR count). The van der Waals surface area contributed by atoms with Gasteiger partial charge in [0.1, 0.15) is 5.82 Å². The van der Waals surface area contributed by atoms with Crippen LogP contribution in [0, 0.1) is 19.7 Å². The van der Waals surface area contributed by atoms with Crippen LogP contribution in [0.5, 0.6) is 0 Å². The largest absolute Gasteiger partial charge is 0.345 e. The van der Waals surface area contributed by atoms with Gasteiger partial charge in [-0.3, -0.25) is 14.2 Å². The van der Waals surface area contributed by atoms with E-state index in [1.165, 1.54) is 41.3 Å². The lowest BCUT2D eigenvalue weighted by Crippen LogP contribution is -2.26. The van der Waals surface area contributed by atoms with E-state index in [1.54, 1.807) is 4.57 Å². The van der Waals surface area contributed by atoms with E-state index < -0.39 is 11.7 Å². The second-order valence-electron chi connectivity index (χ2n) is 8.63. The molecule has 0 fully saturated rings. The molecule has 0 bridgehead atoms. The zero-order valence-corrected chi connectivity index (χ0v) is 23.3. The fraction of sp³-hybridized carbons (Fsp3) is 0.148. The van der Waals surface area contributed by atoms with E-state index in [0.717, 1.165) is 27.0 Å². The first kappa shape index (κ1) is 26.8. The fourth-order valence-corrected chi connectivity index (χ4v) is 5.78. The number of benzene rings is 3. The van der Waals surface area contributed by atoms with Crippen molar-refractivity contribution in [3.8, 4) is 5.69 Å². The van der Waals surface area contributed by atoms with Gasteiger partial charge in [0.05, 0.1) is 38.8 Å². The molecule has 2 aromatic heterocycles. The SMILES string of the molecule is Cc1ccc(C)c(-n2c(CNC(=O)c3c(F)cccc3Cl)nnc2SCC(=O)Nc2nc3ccccc3s2)c1. The maximum atomic E-state index is 14.2. The van der Waals surface area contributed by atoms with E-state index in [1.807, 2.05) is 56.3 Å². The summed E-state index contributed by atoms with van der Waals surface area (Å²) in [5.41, 5.74) is 3.36. The maximum Gasteiger partial charge on any atom is 0.256 e. The minimum atomic E-state index is -0.716. The van der Waals surface area contributed by atoms with E-state index in [2.05, 4.69) is 25.8 Å². The number of amides is 2. The number of hydrogen-bond donors (Lipinski definition) is 2. The summed E-state index contributed by atoms with van der Waals surface area (Å²) in [4.78, 5) is 29.9. The Kier molecular flexibility index (Phi) is 7.92. The van der Waals surface area contributed by atoms with Gasteiger partial charge in [-0.2, -0.15) is 0 Å². The van der Waals surface area contributed by atoms with Gasteiger partial charge < -0.3 is 10.6 Å². The van der Waals surface area contributed by atoms with Gasteiger partial charge in [-0.1, -0.05) is 65.0 Å². The highest BCUT2D eigenvalue weighted by Gasteiger charge is 2.21. The van der Waals surface area contributed by atoms with Crippen molar-refractivity contribution in [2.45, 2.75) is 25.5 Å². The van der Waals surface area contributed by atoms with Crippen LogP contribution in [0.4, 0.5) is 9.52 Å². The molecule has 0 aliphatic carbocycles. The number of thioether (sulfide) groups is 1. The van der Waals surface area contributed by atoms with Crippen LogP contribution in [0.2, 0.25) is 5.02 Å². The Balaban J connectivity index is 1.36. The summed E-state index contributed by atoms with van der Waals surface area (Å²) < 4.78 is 17.0. The molecule has 0 saturated heterocycles. The fourth-order valence-electron chi connectivity index (χ4n) is 3.88. The standard InChI is InChI=1S/C27H22ClFN6O2S2/c1-15-10-11-16(2)20(12-15)35-22(13-30-25(37)24-17(28)6-5-7-18(24)29)33-34-27(35)38-14-23(36)32-26-31-19-8-3-4-9-21(19)39-26/h3-12H,13-14H2,1-2H3,(H,30,37)(H,31,32,36). The molecular weight excluding hydrogens is 559 g/mol. The number of aromatic nitrogens is 4. The monoisotopic (exact) mass is 580 g/mol. The van der Waals surface area contributed by atoms with Gasteiger partial charge in [0.25, 0.3) is 5.91 Å². The summed E-state index contributed by atoms with van der Waals surface area (Å²) in [6.07, 6.45) is 0. The lowest BCUT2D eigenvalue weighted by Gasteiger charge is -2.14. The average molecular weight is 581 g/mol. The lowest BCUT2D eigenvalue weighted by molar-refractivity contribution is -0.113. The van der Waals surface area contributed by atoms with E-state index in [-0.39, 0.29) is 28.8 Å². The number of fused-ring (bicyclic) bond motifs is 1. The van der Waals surface area contributed by atoms with Crippen LogP contribution in [0.25, 0.3) is 15.9 Å². The summed E-state index contributed by atoms with van der Waals surface area (Å²) in [6, 6.07) is 17.7. The Hall–Kier alpha value is -3.80. The molecule has 12 heteroatoms. The van der Waals surface area contributed by atoms with E-state index in [4.69, 9.17) is 11.6 Å². The van der Waals surface area contributed by atoms with Crippen LogP contribution < -0.4 is 10.6 Å². The minimum Gasteiger partial charge on any atom is -0.345 e. The maximum absolute atomic E-state index is 14.2. The number of carbonyl (C=O) groups is 2. The molecule has 39 heavy (non-hydrogen) atoms. The number of carbonyl (C=O) groups excluding carboxylic acids is 2. The first-order valence-electron chi connectivity index (χ1n) is 11.8. The highest BCUT2D eigenvalue weighted by molar-refractivity contribution is 7.99. The lowest BCUT2D eigenvalue weighted by atomic mass is 10.1. The Morgan fingerprint density at radius 3 is 2.69 bits per heavy atom. The van der Waals surface area contributed by atoms with Crippen LogP contribution in [-0.4, -0.2) is 37.3 Å². The van der Waals surface area contributed by atoms with Crippen LogP contribution in [0.1, 0.15) is 27.3 Å². The number of para-hydroxylation sites is 1. The Bertz CT molecular complexity index is 1650. The molecule has 3 aromatic carbocycles. The number of nitrogens with zero attached hydrogens (tertiary/aromatic N) is 4. The van der Waals surface area contributed by atoms with Gasteiger partial charge in [0.15, 0.2) is 16.1 Å². The van der Waals surface area contributed by atoms with Crippen LogP contribution >= 0.6 is 34.7 Å². The molecular formula is C27H22ClFN6O2S2. The molecule has 0 aliphatic rings. The number of anilines is 1. The van der Waals surface area contributed by atoms with Crippen molar-refractivity contribution in [1.29, 1.82) is 0 Å². The molecule has 0 unspecified atom stereocenters. The Morgan fingerprint density at radius 2 is 1.90 bits per heavy atom. The molecule has 198 valence electrons. The van der Waals surface area contributed by atoms with Crippen molar-refractivity contribution in [3.05, 3.63) is 94.0 Å². The van der Waals surface area contributed by atoms with Gasteiger partial charge in [-0.05, 0) is 55.3 Å². The quantitative estimate of drug-likeness (QED) is 0.220. The predicted octanol–water partition coefficient (Wildman–Crippen LogP) is 5.95. The number of hydrogen-bond acceptors (Lipinski definition) is 7. The molecule has 0 radical (unpaired) electrons. The highest BCUT2D eigenvalue weighted by Crippen LogP contribution is 2.28. The van der Waals surface area contributed by atoms with Crippen molar-refractivity contribution < 1.29 is 14.0 Å². The van der Waals surface area contributed by atoms with Crippen LogP contribution in [0.3, 0.4) is 0 Å². The topological polar surface area (TPSA) is 102 Å². The molecule has 0 spiro atoms. The molecule has 0 atom stereocenters. The molecule has 2 heterocycles. The third-order valence-corrected chi connectivity index (χ3v) is 7.97. The minimum absolute atomic E-state index is 0.0129. The van der Waals surface area contributed by atoms with Crippen molar-refractivity contribution in [3.63, 3.8) is 0 Å². The first-order valence-corrected chi connectivity index (χ1v) is 14.0. The van der Waals surface area contributed by atoms with Crippen LogP contribution in [-0.2, 0) is 11.3 Å². The number of rotatable bonds is 8. The van der Waals surface area contributed by atoms with Gasteiger partial charge >= 0.3 is 0 Å². The number of aryl methyl sites for hydroxylation is 2. The second-order valence-corrected chi connectivity index (χ2v) is 11.0. The van der Waals surface area contributed by atoms with Crippen molar-refractivity contribution in [2.24, 2.45) is 0 Å². The van der Waals surface area contributed by atoms with Crippen molar-refractivity contribution >= 4 is 61.9 Å². The normalized spacial score (nSPS) is 11.1. The van der Waals surface area contributed by atoms with Crippen molar-refractivity contribution in [1.82, 2.24) is 25.1 Å². The third-order valence-electron chi connectivity index (χ3n) is 5.78. The smallest absolute Gasteiger partial charge is 0.256 e. The summed E-state index contributed by atoms with van der Waals surface area (Å²) in [5.74, 6) is -1.14. The molecule has 5 aromatic rings. The molecule has 2 amide bonds. The molecule has 8 nitrogen and oxygen atoms in total. The summed E-state index contributed by atoms with van der Waals surface area (Å²) in [7, 11) is 0. The number of nitrogens with one attached hydrogen (secondary N) is 2. The van der Waals surface area contributed by atoms with Gasteiger partial charge in [-0.25, -0.2) is 9.37 Å². The average Bonchev–Trinajstić information content (AvgIpc) is 3.50. The van der Waals surface area contributed by atoms with E-state index in [9.17, 15) is 14.0 Å². The zero-order chi connectivity index (χ0) is 27.5. The molecule has 0 aliphatic heterocycles. The molecule has 0 saturated carbocycles. The second kappa shape index (κ2) is 11.5. The van der Waals surface area contributed by atoms with E-state index in [0.29, 0.717) is 16.1 Å². The number of thiazole rings is 1. The van der Waals surface area contributed by atoms with Crippen LogP contribution in [0.15, 0.2) is 65.8 Å². The molecule has 2 N–H and O–H groups in total. The van der Waals surface area contributed by atoms with Crippen molar-refractivity contribution in [2.75, 3.05) is 11.1 Å². The van der Waals surface area contributed by atoms with Gasteiger partial charge in [0, 0.05) is 0 Å². The Labute approximate surface area is 236 Å². The Morgan fingerprint density at radius 1 is 1.08 bits per heavy atom. The summed E-state index contributed by atoms with van der Waals surface area (Å²) in [5, 5.41) is 15.1. The first-order chi connectivity index (χ1) is 18.8. The number of halogens is 2. The summed E-state index contributed by atoms with van der Waals surface area (Å²) >= 11 is 8.66. The summed E-state index contributed by atoms with van der Waals surface area (Å²) in [6.45, 7) is 3.88. The van der Waals surface area contributed by atoms with Gasteiger partial charge in [-0.15, -0.1) is 10.2 Å². The predicted molar refractivity (Wildman–Crippen MR) is 152 cm³/mol. The van der Waals surface area contributed by atoms with Gasteiger partial charge in [0.2, 0.25) is 5.91 Å². The zero-order valence-electron chi connectivity index (χ0n) is 20.9. The third kappa shape index (κ3) is 5.95. The van der Waals surface area contributed by atoms with E-state index >= 15 is 0 Å². The highest BCUT2D eigenvalue weighted by atomic mass is 35.5.